The molecule has 2 unspecified atom stereocenters. The smallest absolute Gasteiger partial charge is 0.249 e. The molecule has 1 amide bonds. The minimum absolute atomic E-state index is 0.0823. The van der Waals surface area contributed by atoms with Crippen LogP contribution in [0, 0.1) is 5.92 Å². The van der Waals surface area contributed by atoms with E-state index < -0.39 is 0 Å². The zero-order chi connectivity index (χ0) is 20.1. The zero-order valence-electron chi connectivity index (χ0n) is 15.8. The first-order valence-electron chi connectivity index (χ1n) is 8.90. The molecule has 0 fully saturated rings. The zero-order valence-corrected chi connectivity index (χ0v) is 17.4. The van der Waals surface area contributed by atoms with Crippen molar-refractivity contribution in [3.63, 3.8) is 0 Å². The van der Waals surface area contributed by atoms with Crippen molar-refractivity contribution in [2.75, 3.05) is 0 Å². The molecule has 8 heteroatoms. The number of hydrogen-bond acceptors (Lipinski definition) is 6. The van der Waals surface area contributed by atoms with Gasteiger partial charge < -0.3 is 9.84 Å². The monoisotopic (exact) mass is 416 g/mol. The minimum atomic E-state index is -0.376. The number of nitrogens with one attached hydrogen (secondary N) is 1. The van der Waals surface area contributed by atoms with E-state index in [1.54, 1.807) is 12.4 Å². The molecular formula is C20H21ClN4O2S. The van der Waals surface area contributed by atoms with E-state index in [4.69, 9.17) is 16.1 Å². The Hall–Kier alpha value is -2.38. The molecule has 3 aromatic rings. The number of carbonyl (C=O) groups excluding carboxylic acids is 1. The van der Waals surface area contributed by atoms with Crippen LogP contribution in [0.1, 0.15) is 32.7 Å². The van der Waals surface area contributed by atoms with Crippen LogP contribution in [-0.4, -0.2) is 26.3 Å². The maximum Gasteiger partial charge on any atom is 0.249 e. The Morgan fingerprint density at radius 1 is 1.18 bits per heavy atom. The molecule has 3 rings (SSSR count). The Bertz CT molecular complexity index is 915. The van der Waals surface area contributed by atoms with Gasteiger partial charge in [0.05, 0.1) is 5.25 Å². The topological polar surface area (TPSA) is 80.9 Å². The van der Waals surface area contributed by atoms with Crippen LogP contribution in [-0.2, 0) is 4.79 Å². The summed E-state index contributed by atoms with van der Waals surface area (Å²) >= 11 is 7.38. The molecule has 1 aromatic carbocycles. The summed E-state index contributed by atoms with van der Waals surface area (Å²) in [4.78, 5) is 22.2. The van der Waals surface area contributed by atoms with Gasteiger partial charge in [-0.15, -0.1) is 11.8 Å². The van der Waals surface area contributed by atoms with Crippen LogP contribution >= 0.6 is 23.4 Å². The van der Waals surface area contributed by atoms with E-state index >= 15 is 0 Å². The standard InChI is InChI=1S/C20H21ClN4O2S/c1-12(2)17(20-24-18(25-27-20)14-5-4-10-22-11-14)23-19(26)13(3)28-16-8-6-15(21)7-9-16/h4-13,17H,1-3H3,(H,23,26). The molecular weight excluding hydrogens is 396 g/mol. The van der Waals surface area contributed by atoms with Crippen LogP contribution in [0.2, 0.25) is 5.02 Å². The third kappa shape index (κ3) is 5.11. The van der Waals surface area contributed by atoms with E-state index in [1.807, 2.05) is 57.2 Å². The SMILES string of the molecule is CC(Sc1ccc(Cl)cc1)C(=O)NC(c1nc(-c2cccnc2)no1)C(C)C. The molecule has 2 aromatic heterocycles. The highest BCUT2D eigenvalue weighted by atomic mass is 35.5. The molecule has 2 heterocycles. The van der Waals surface area contributed by atoms with Crippen molar-refractivity contribution >= 4 is 29.3 Å². The average Bonchev–Trinajstić information content (AvgIpc) is 3.18. The van der Waals surface area contributed by atoms with E-state index in [0.29, 0.717) is 16.7 Å². The summed E-state index contributed by atoms with van der Waals surface area (Å²) in [5.74, 6) is 0.816. The van der Waals surface area contributed by atoms with Crippen molar-refractivity contribution in [3.05, 3.63) is 59.7 Å². The largest absolute Gasteiger partial charge is 0.343 e. The van der Waals surface area contributed by atoms with Gasteiger partial charge in [-0.05, 0) is 49.2 Å². The number of nitrogens with zero attached hydrogens (tertiary/aromatic N) is 3. The molecule has 28 heavy (non-hydrogen) atoms. The maximum absolute atomic E-state index is 12.7. The number of halogens is 1. The number of pyridine rings is 1. The second kappa shape index (κ2) is 9.21. The molecule has 6 nitrogen and oxygen atoms in total. The van der Waals surface area contributed by atoms with Gasteiger partial charge in [0, 0.05) is 27.9 Å². The number of amides is 1. The quantitative estimate of drug-likeness (QED) is 0.558. The van der Waals surface area contributed by atoms with Crippen LogP contribution in [0.15, 0.2) is 58.2 Å². The van der Waals surface area contributed by atoms with E-state index in [9.17, 15) is 4.79 Å². The molecule has 0 aliphatic carbocycles. The summed E-state index contributed by atoms with van der Waals surface area (Å²) in [5.41, 5.74) is 0.762. The summed E-state index contributed by atoms with van der Waals surface area (Å²) in [7, 11) is 0. The first-order chi connectivity index (χ1) is 13.4. The number of aromatic nitrogens is 3. The third-order valence-corrected chi connectivity index (χ3v) is 5.45. The predicted molar refractivity (Wildman–Crippen MR) is 110 cm³/mol. The van der Waals surface area contributed by atoms with Gasteiger partial charge in [-0.3, -0.25) is 9.78 Å². The van der Waals surface area contributed by atoms with Gasteiger partial charge in [0.25, 0.3) is 0 Å². The molecule has 0 radical (unpaired) electrons. The van der Waals surface area contributed by atoms with Crippen molar-refractivity contribution in [3.8, 4) is 11.4 Å². The van der Waals surface area contributed by atoms with Crippen LogP contribution in [0.4, 0.5) is 0 Å². The molecule has 1 N–H and O–H groups in total. The lowest BCUT2D eigenvalue weighted by molar-refractivity contribution is -0.121. The average molecular weight is 417 g/mol. The van der Waals surface area contributed by atoms with E-state index in [2.05, 4.69) is 20.4 Å². The lowest BCUT2D eigenvalue weighted by Crippen LogP contribution is -2.36. The molecule has 0 spiro atoms. The first kappa shape index (κ1) is 20.4. The highest BCUT2D eigenvalue weighted by Crippen LogP contribution is 2.27. The van der Waals surface area contributed by atoms with Gasteiger partial charge in [0.2, 0.25) is 17.6 Å². The lowest BCUT2D eigenvalue weighted by atomic mass is 10.0. The fourth-order valence-electron chi connectivity index (χ4n) is 2.53. The molecule has 2 atom stereocenters. The highest BCUT2D eigenvalue weighted by molar-refractivity contribution is 8.00. The first-order valence-corrected chi connectivity index (χ1v) is 10.2. The Kier molecular flexibility index (Phi) is 6.70. The Labute approximate surface area is 173 Å². The minimum Gasteiger partial charge on any atom is -0.343 e. The summed E-state index contributed by atoms with van der Waals surface area (Å²) in [5, 5.41) is 7.43. The number of carbonyl (C=O) groups is 1. The van der Waals surface area contributed by atoms with E-state index in [0.717, 1.165) is 10.5 Å². The number of thioether (sulfide) groups is 1. The molecule has 0 saturated carbocycles. The Balaban J connectivity index is 1.69. The number of rotatable bonds is 7. The summed E-state index contributed by atoms with van der Waals surface area (Å²) in [6.07, 6.45) is 3.35. The lowest BCUT2D eigenvalue weighted by Gasteiger charge is -2.21. The molecule has 0 saturated heterocycles. The summed E-state index contributed by atoms with van der Waals surface area (Å²) < 4.78 is 5.43. The molecule has 0 aliphatic rings. The van der Waals surface area contributed by atoms with Crippen LogP contribution in [0.25, 0.3) is 11.4 Å². The van der Waals surface area contributed by atoms with Crippen molar-refractivity contribution < 1.29 is 9.32 Å². The Morgan fingerprint density at radius 2 is 1.93 bits per heavy atom. The number of hydrogen-bond donors (Lipinski definition) is 1. The van der Waals surface area contributed by atoms with Gasteiger partial charge in [0.1, 0.15) is 6.04 Å². The molecule has 0 bridgehead atoms. The molecule has 0 aliphatic heterocycles. The van der Waals surface area contributed by atoms with Crippen molar-refractivity contribution in [2.24, 2.45) is 5.92 Å². The van der Waals surface area contributed by atoms with Crippen LogP contribution in [0.5, 0.6) is 0 Å². The van der Waals surface area contributed by atoms with Gasteiger partial charge in [-0.1, -0.05) is 30.6 Å². The maximum atomic E-state index is 12.7. The van der Waals surface area contributed by atoms with Crippen LogP contribution < -0.4 is 5.32 Å². The second-order valence-corrected chi connectivity index (χ2v) is 8.49. The third-order valence-electron chi connectivity index (χ3n) is 4.09. The second-order valence-electron chi connectivity index (χ2n) is 6.64. The normalized spacial score (nSPS) is 13.3. The van der Waals surface area contributed by atoms with Crippen molar-refractivity contribution in [1.82, 2.24) is 20.4 Å². The van der Waals surface area contributed by atoms with Gasteiger partial charge in [-0.25, -0.2) is 0 Å². The fraction of sp³-hybridized carbons (Fsp3) is 0.300. The molecule has 146 valence electrons. The van der Waals surface area contributed by atoms with Gasteiger partial charge in [-0.2, -0.15) is 4.98 Å². The number of benzene rings is 1. The van der Waals surface area contributed by atoms with E-state index in [-0.39, 0.29) is 23.1 Å². The summed E-state index contributed by atoms with van der Waals surface area (Å²) in [6, 6.07) is 10.7. The van der Waals surface area contributed by atoms with Gasteiger partial charge >= 0.3 is 0 Å². The van der Waals surface area contributed by atoms with Crippen molar-refractivity contribution in [1.29, 1.82) is 0 Å². The summed E-state index contributed by atoms with van der Waals surface area (Å²) in [6.45, 7) is 5.85. The fourth-order valence-corrected chi connectivity index (χ4v) is 3.53. The van der Waals surface area contributed by atoms with Crippen LogP contribution in [0.3, 0.4) is 0 Å². The van der Waals surface area contributed by atoms with E-state index in [1.165, 1.54) is 11.8 Å². The highest BCUT2D eigenvalue weighted by Gasteiger charge is 2.27. The predicted octanol–water partition coefficient (Wildman–Crippen LogP) is 4.78. The van der Waals surface area contributed by atoms with Gasteiger partial charge in [0.15, 0.2) is 0 Å². The van der Waals surface area contributed by atoms with Crippen molar-refractivity contribution in [2.45, 2.75) is 37.0 Å². The Morgan fingerprint density at radius 3 is 2.57 bits per heavy atom.